The molecule has 6 nitrogen and oxygen atoms in total. The normalized spacial score (nSPS) is 15.7. The largest absolute Gasteiger partial charge is 0.492 e. The first-order chi connectivity index (χ1) is 24.9. The van der Waals surface area contributed by atoms with Gasteiger partial charge >= 0.3 is 5.97 Å². The van der Waals surface area contributed by atoms with Crippen LogP contribution in [0.5, 0.6) is 11.5 Å². The topological polar surface area (TPSA) is 96.8 Å². The number of nitrogens with two attached hydrogens (primary N) is 2. The van der Waals surface area contributed by atoms with Crippen molar-refractivity contribution >= 4 is 98.1 Å². The first-order valence-corrected chi connectivity index (χ1v) is 18.3. The van der Waals surface area contributed by atoms with Crippen molar-refractivity contribution < 1.29 is 19.0 Å². The Hall–Kier alpha value is -4.01. The Balaban J connectivity index is 1.75. The van der Waals surface area contributed by atoms with Crippen molar-refractivity contribution in [3.63, 3.8) is 0 Å². The highest BCUT2D eigenvalue weighted by Crippen LogP contribution is 2.54. The number of esters is 1. The third-order valence-electron chi connectivity index (χ3n) is 8.37. The van der Waals surface area contributed by atoms with Gasteiger partial charge in [-0.1, -0.05) is 106 Å². The zero-order valence-electron chi connectivity index (χ0n) is 27.7. The number of nitrogen functional groups attached to an aromatic ring is 2. The number of halogens is 6. The molecule has 0 aliphatic carbocycles. The second-order valence-electron chi connectivity index (χ2n) is 11.7. The molecule has 1 aliphatic rings. The SMILES string of the molecule is CCOc1ccc(C(=CC2(C=C(c3ccc(N)cc3)c3ccc(OCC)c(Cl)c3)OC(=O)c3c(Cl)c(Cl)c(Cl)c(Cl)c32)c2ccc(N)cc2)cc1Cl. The molecule has 5 aromatic rings. The molecule has 0 saturated carbocycles. The molecule has 0 spiro atoms. The van der Waals surface area contributed by atoms with Crippen molar-refractivity contribution in [1.29, 1.82) is 0 Å². The van der Waals surface area contributed by atoms with E-state index in [0.717, 1.165) is 0 Å². The molecule has 6 rings (SSSR count). The Morgan fingerprint density at radius 2 is 1.02 bits per heavy atom. The van der Waals surface area contributed by atoms with E-state index in [9.17, 15) is 4.79 Å². The van der Waals surface area contributed by atoms with E-state index in [-0.39, 0.29) is 31.2 Å². The molecule has 52 heavy (non-hydrogen) atoms. The average Bonchev–Trinajstić information content (AvgIpc) is 3.42. The molecule has 0 unspecified atom stereocenters. The van der Waals surface area contributed by atoms with E-state index in [4.69, 9.17) is 95.3 Å². The molecule has 12 heteroatoms. The molecule has 1 heterocycles. The van der Waals surface area contributed by atoms with Crippen molar-refractivity contribution in [1.82, 2.24) is 0 Å². The van der Waals surface area contributed by atoms with Crippen molar-refractivity contribution in [3.05, 3.63) is 161 Å². The van der Waals surface area contributed by atoms with Crippen LogP contribution in [0.15, 0.2) is 97.1 Å². The summed E-state index contributed by atoms with van der Waals surface area (Å²) in [5.74, 6) is 0.243. The Kier molecular flexibility index (Phi) is 11.3. The number of carbonyl (C=O) groups is 1. The Morgan fingerprint density at radius 1 is 0.615 bits per heavy atom. The third-order valence-corrected chi connectivity index (χ3v) is 10.8. The molecule has 0 fully saturated rings. The predicted octanol–water partition coefficient (Wildman–Crippen LogP) is 12.2. The second-order valence-corrected chi connectivity index (χ2v) is 14.0. The molecule has 0 bridgehead atoms. The van der Waals surface area contributed by atoms with Crippen LogP contribution >= 0.6 is 69.6 Å². The smallest absolute Gasteiger partial charge is 0.341 e. The lowest BCUT2D eigenvalue weighted by Gasteiger charge is -2.27. The quantitative estimate of drug-likeness (QED) is 0.0631. The van der Waals surface area contributed by atoms with E-state index in [2.05, 4.69) is 0 Å². The molecular formula is C40H30Cl6N2O4. The Morgan fingerprint density at radius 3 is 1.42 bits per heavy atom. The van der Waals surface area contributed by atoms with Crippen LogP contribution < -0.4 is 20.9 Å². The van der Waals surface area contributed by atoms with E-state index < -0.39 is 11.6 Å². The fourth-order valence-electron chi connectivity index (χ4n) is 5.99. The Labute approximate surface area is 331 Å². The molecule has 0 amide bonds. The lowest BCUT2D eigenvalue weighted by Crippen LogP contribution is -2.23. The summed E-state index contributed by atoms with van der Waals surface area (Å²) in [6.45, 7) is 4.58. The van der Waals surface area contributed by atoms with Gasteiger partial charge in [0.15, 0.2) is 5.60 Å². The van der Waals surface area contributed by atoms with Gasteiger partial charge in [-0.15, -0.1) is 0 Å². The second kappa shape index (κ2) is 15.5. The van der Waals surface area contributed by atoms with Crippen molar-refractivity contribution in [2.24, 2.45) is 0 Å². The van der Waals surface area contributed by atoms with Crippen LogP contribution in [-0.2, 0) is 10.3 Å². The van der Waals surface area contributed by atoms with Gasteiger partial charge in [-0.25, -0.2) is 4.79 Å². The number of hydrogen-bond acceptors (Lipinski definition) is 6. The number of fused-ring (bicyclic) bond motifs is 1. The number of hydrogen-bond donors (Lipinski definition) is 2. The first kappa shape index (κ1) is 37.7. The van der Waals surface area contributed by atoms with Gasteiger partial charge in [0, 0.05) is 16.9 Å². The van der Waals surface area contributed by atoms with Crippen molar-refractivity contribution in [2.75, 3.05) is 24.7 Å². The van der Waals surface area contributed by atoms with E-state index >= 15 is 0 Å². The minimum Gasteiger partial charge on any atom is -0.492 e. The van der Waals surface area contributed by atoms with Crippen LogP contribution in [0.25, 0.3) is 11.1 Å². The van der Waals surface area contributed by atoms with Crippen molar-refractivity contribution in [2.45, 2.75) is 19.4 Å². The fraction of sp³-hybridized carbons (Fsp3) is 0.125. The molecule has 0 radical (unpaired) electrons. The maximum atomic E-state index is 14.0. The number of cyclic esters (lactones) is 1. The van der Waals surface area contributed by atoms with Gasteiger partial charge in [-0.2, -0.15) is 0 Å². The minimum atomic E-state index is -1.76. The lowest BCUT2D eigenvalue weighted by atomic mass is 9.83. The Bertz CT molecular complexity index is 2140. The number of carbonyl (C=O) groups excluding carboxylic acids is 1. The molecule has 0 saturated heterocycles. The van der Waals surface area contributed by atoms with Crippen LogP contribution in [0, 0.1) is 0 Å². The summed E-state index contributed by atoms with van der Waals surface area (Å²) in [5, 5.41) is 0.492. The molecule has 266 valence electrons. The fourth-order valence-corrected chi connectivity index (χ4v) is 7.54. The summed E-state index contributed by atoms with van der Waals surface area (Å²) in [6, 6.07) is 25.2. The number of rotatable bonds is 10. The summed E-state index contributed by atoms with van der Waals surface area (Å²) in [5.41, 5.74) is 15.7. The van der Waals surface area contributed by atoms with Crippen LogP contribution in [0.3, 0.4) is 0 Å². The molecule has 4 N–H and O–H groups in total. The van der Waals surface area contributed by atoms with Gasteiger partial charge in [-0.3, -0.25) is 0 Å². The predicted molar refractivity (Wildman–Crippen MR) is 215 cm³/mol. The number of benzene rings is 5. The molecule has 0 atom stereocenters. The van der Waals surface area contributed by atoms with E-state index in [1.807, 2.05) is 50.2 Å². The zero-order valence-corrected chi connectivity index (χ0v) is 32.2. The minimum absolute atomic E-state index is 0.0211. The number of anilines is 2. The van der Waals surface area contributed by atoms with Crippen LogP contribution in [0.1, 0.15) is 52.0 Å². The summed E-state index contributed by atoms with van der Waals surface area (Å²) in [4.78, 5) is 14.0. The standard InChI is InChI=1S/C40H30Cl6N2O4/c1-3-50-31-15-9-23(17-29(31)41)27(21-5-11-25(47)12-6-21)19-40(34-33(39(49)52-40)35(43)37(45)38(46)36(34)44)20-28(22-7-13-26(48)14-8-22)24-10-16-32(51-4-2)30(42)18-24/h5-20H,3-4,47-48H2,1-2H3. The van der Waals surface area contributed by atoms with E-state index in [1.54, 1.807) is 60.7 Å². The molecule has 1 aliphatic heterocycles. The van der Waals surface area contributed by atoms with Gasteiger partial charge in [0.1, 0.15) is 11.5 Å². The van der Waals surface area contributed by atoms with Crippen molar-refractivity contribution in [3.8, 4) is 11.5 Å². The van der Waals surface area contributed by atoms with Gasteiger partial charge in [0.2, 0.25) is 0 Å². The van der Waals surface area contributed by atoms with E-state index in [0.29, 0.717) is 79.5 Å². The zero-order chi connectivity index (χ0) is 37.3. The maximum Gasteiger partial charge on any atom is 0.341 e. The first-order valence-electron chi connectivity index (χ1n) is 16.0. The van der Waals surface area contributed by atoms with E-state index in [1.165, 1.54) is 0 Å². The average molecular weight is 815 g/mol. The molecule has 5 aromatic carbocycles. The van der Waals surface area contributed by atoms with Crippen LogP contribution in [0.2, 0.25) is 30.1 Å². The highest BCUT2D eigenvalue weighted by Gasteiger charge is 2.48. The maximum absolute atomic E-state index is 14.0. The van der Waals surface area contributed by atoms with Crippen LogP contribution in [0.4, 0.5) is 11.4 Å². The summed E-state index contributed by atoms with van der Waals surface area (Å²) < 4.78 is 17.9. The highest BCUT2D eigenvalue weighted by molar-refractivity contribution is 6.53. The van der Waals surface area contributed by atoms with Gasteiger partial charge in [0.05, 0.1) is 48.9 Å². The summed E-state index contributed by atoms with van der Waals surface area (Å²) in [6.07, 6.45) is 3.54. The van der Waals surface area contributed by atoms with Gasteiger partial charge in [-0.05, 0) is 108 Å². The number of ether oxygens (including phenoxy) is 3. The molecular weight excluding hydrogens is 785 g/mol. The third kappa shape index (κ3) is 7.29. The van der Waals surface area contributed by atoms with Gasteiger partial charge < -0.3 is 25.7 Å². The summed E-state index contributed by atoms with van der Waals surface area (Å²) in [7, 11) is 0. The monoisotopic (exact) mass is 812 g/mol. The lowest BCUT2D eigenvalue weighted by molar-refractivity contribution is 0.0300. The van der Waals surface area contributed by atoms with Gasteiger partial charge in [0.25, 0.3) is 0 Å². The highest BCUT2D eigenvalue weighted by atomic mass is 35.5. The van der Waals surface area contributed by atoms with Crippen LogP contribution in [-0.4, -0.2) is 19.2 Å². The molecule has 0 aromatic heterocycles. The summed E-state index contributed by atoms with van der Waals surface area (Å²) >= 11 is 40.5.